The maximum absolute atomic E-state index is 13.8. The van der Waals surface area contributed by atoms with E-state index in [9.17, 15) is 23.1 Å². The highest BCUT2D eigenvalue weighted by atomic mass is 32.2. The molecule has 0 spiro atoms. The number of aryl methyl sites for hydroxylation is 1. The minimum Gasteiger partial charge on any atom is -0.476 e. The number of carboxylic acids is 1. The van der Waals surface area contributed by atoms with Crippen LogP contribution in [-0.4, -0.2) is 65.8 Å². The maximum atomic E-state index is 13.8. The van der Waals surface area contributed by atoms with Crippen molar-refractivity contribution in [1.82, 2.24) is 14.1 Å². The monoisotopic (exact) mass is 566 g/mol. The van der Waals surface area contributed by atoms with Gasteiger partial charge in [-0.15, -0.1) is 0 Å². The summed E-state index contributed by atoms with van der Waals surface area (Å²) in [5, 5.41) is 16.6. The first-order chi connectivity index (χ1) is 19.1. The Balaban J connectivity index is 1.60. The molecule has 0 unspecified atom stereocenters. The Labute approximate surface area is 229 Å². The van der Waals surface area contributed by atoms with Gasteiger partial charge in [0.05, 0.1) is 25.2 Å². The van der Waals surface area contributed by atoms with E-state index in [1.165, 1.54) is 46.4 Å². The first kappa shape index (κ1) is 27.1. The van der Waals surface area contributed by atoms with E-state index in [2.05, 4.69) is 10.4 Å². The Kier molecular flexibility index (Phi) is 7.43. The van der Waals surface area contributed by atoms with Gasteiger partial charge in [-0.05, 0) is 56.3 Å². The van der Waals surface area contributed by atoms with Gasteiger partial charge in [-0.25, -0.2) is 13.2 Å². The number of anilines is 1. The number of ether oxygens (including phenoxy) is 2. The van der Waals surface area contributed by atoms with Crippen LogP contribution in [0.4, 0.5) is 5.69 Å². The van der Waals surface area contributed by atoms with Crippen molar-refractivity contribution in [2.45, 2.75) is 18.7 Å². The number of aromatic carboxylic acids is 1. The molecule has 2 aromatic heterocycles. The van der Waals surface area contributed by atoms with Gasteiger partial charge in [0.25, 0.3) is 5.91 Å². The molecule has 5 rings (SSSR count). The molecule has 1 fully saturated rings. The standard InChI is InChI=1S/C27H26N4O8S/c1-17-5-8-20(9-6-17)31-26(18(2)24(29-31)27(33)34)39-21-10-7-19(28-25(32)22-4-3-13-38-22)16-23(21)40(35,36)30-11-14-37-15-12-30/h3-10,13,16H,11-12,14-15H2,1-2H3,(H,28,32)(H,33,34). The van der Waals surface area contributed by atoms with E-state index in [0.717, 1.165) is 5.56 Å². The number of rotatable bonds is 8. The van der Waals surface area contributed by atoms with E-state index in [1.807, 2.05) is 19.1 Å². The van der Waals surface area contributed by atoms with Gasteiger partial charge >= 0.3 is 5.97 Å². The van der Waals surface area contributed by atoms with Gasteiger partial charge in [-0.3, -0.25) is 4.79 Å². The van der Waals surface area contributed by atoms with Crippen molar-refractivity contribution in [3.8, 4) is 17.3 Å². The molecule has 0 aliphatic carbocycles. The molecule has 1 aliphatic rings. The fraction of sp³-hybridized carbons (Fsp3) is 0.222. The first-order valence-electron chi connectivity index (χ1n) is 12.3. The largest absolute Gasteiger partial charge is 0.476 e. The Morgan fingerprint density at radius 1 is 1.05 bits per heavy atom. The predicted octanol–water partition coefficient (Wildman–Crippen LogP) is 3.85. The summed E-state index contributed by atoms with van der Waals surface area (Å²) in [5.41, 5.74) is 1.67. The van der Waals surface area contributed by atoms with Crippen molar-refractivity contribution in [3.63, 3.8) is 0 Å². The topological polar surface area (TPSA) is 153 Å². The summed E-state index contributed by atoms with van der Waals surface area (Å²) in [5.74, 6) is -1.81. The van der Waals surface area contributed by atoms with Crippen molar-refractivity contribution < 1.29 is 37.0 Å². The molecular weight excluding hydrogens is 540 g/mol. The summed E-state index contributed by atoms with van der Waals surface area (Å²) in [7, 11) is -4.12. The number of hydrogen-bond donors (Lipinski definition) is 2. The highest BCUT2D eigenvalue weighted by molar-refractivity contribution is 7.89. The molecule has 1 saturated heterocycles. The van der Waals surface area contributed by atoms with E-state index in [-0.39, 0.29) is 65.5 Å². The molecule has 0 saturated carbocycles. The van der Waals surface area contributed by atoms with Crippen LogP contribution in [-0.2, 0) is 14.8 Å². The van der Waals surface area contributed by atoms with E-state index >= 15 is 0 Å². The molecule has 2 aromatic carbocycles. The fourth-order valence-electron chi connectivity index (χ4n) is 4.17. The average molecular weight is 567 g/mol. The predicted molar refractivity (Wildman–Crippen MR) is 143 cm³/mol. The second-order valence-corrected chi connectivity index (χ2v) is 10.9. The SMILES string of the molecule is Cc1ccc(-n2nc(C(=O)O)c(C)c2Oc2ccc(NC(=O)c3ccco3)cc2S(=O)(=O)N2CCOCC2)cc1. The normalized spacial score (nSPS) is 14.2. The lowest BCUT2D eigenvalue weighted by Gasteiger charge is -2.27. The average Bonchev–Trinajstić information content (AvgIpc) is 3.60. The number of morpholine rings is 1. The fourth-order valence-corrected chi connectivity index (χ4v) is 5.71. The number of aromatic nitrogens is 2. The minimum atomic E-state index is -4.12. The van der Waals surface area contributed by atoms with Crippen LogP contribution in [0, 0.1) is 13.8 Å². The zero-order valence-electron chi connectivity index (χ0n) is 21.7. The minimum absolute atomic E-state index is 0.0343. The van der Waals surface area contributed by atoms with Crippen molar-refractivity contribution in [2.75, 3.05) is 31.6 Å². The van der Waals surface area contributed by atoms with E-state index in [0.29, 0.717) is 5.69 Å². The number of carbonyl (C=O) groups is 2. The van der Waals surface area contributed by atoms with Crippen LogP contribution in [0.25, 0.3) is 5.69 Å². The van der Waals surface area contributed by atoms with Crippen LogP contribution in [0.5, 0.6) is 11.6 Å². The molecule has 13 heteroatoms. The van der Waals surface area contributed by atoms with Crippen LogP contribution in [0.3, 0.4) is 0 Å². The third-order valence-corrected chi connectivity index (χ3v) is 8.21. The van der Waals surface area contributed by atoms with Crippen LogP contribution < -0.4 is 10.1 Å². The lowest BCUT2D eigenvalue weighted by molar-refractivity contribution is 0.0689. The zero-order chi connectivity index (χ0) is 28.4. The molecule has 208 valence electrons. The molecule has 40 heavy (non-hydrogen) atoms. The van der Waals surface area contributed by atoms with Gasteiger partial charge in [0.1, 0.15) is 10.6 Å². The molecule has 3 heterocycles. The number of furan rings is 1. The van der Waals surface area contributed by atoms with Crippen LogP contribution in [0.2, 0.25) is 0 Å². The molecule has 12 nitrogen and oxygen atoms in total. The lowest BCUT2D eigenvalue weighted by atomic mass is 10.2. The quantitative estimate of drug-likeness (QED) is 0.324. The van der Waals surface area contributed by atoms with Gasteiger partial charge in [-0.1, -0.05) is 17.7 Å². The molecule has 1 aliphatic heterocycles. The molecule has 0 bridgehead atoms. The summed E-state index contributed by atoms with van der Waals surface area (Å²) in [4.78, 5) is 24.3. The molecule has 0 atom stereocenters. The summed E-state index contributed by atoms with van der Waals surface area (Å²) in [6, 6.07) is 14.4. The number of benzene rings is 2. The summed E-state index contributed by atoms with van der Waals surface area (Å²) < 4.78 is 46.8. The molecule has 1 amide bonds. The summed E-state index contributed by atoms with van der Waals surface area (Å²) in [6.45, 7) is 4.16. The Hall–Kier alpha value is -4.46. The van der Waals surface area contributed by atoms with Crippen LogP contribution in [0.1, 0.15) is 32.2 Å². The van der Waals surface area contributed by atoms with Crippen LogP contribution in [0.15, 0.2) is 70.2 Å². The lowest BCUT2D eigenvalue weighted by Crippen LogP contribution is -2.40. The number of hydrogen-bond acceptors (Lipinski definition) is 8. The van der Waals surface area contributed by atoms with Gasteiger partial charge in [0, 0.05) is 24.3 Å². The number of carbonyl (C=O) groups excluding carboxylic acids is 1. The maximum Gasteiger partial charge on any atom is 0.356 e. The summed E-state index contributed by atoms with van der Waals surface area (Å²) in [6.07, 6.45) is 1.35. The number of sulfonamides is 1. The highest BCUT2D eigenvalue weighted by Crippen LogP contribution is 2.37. The third-order valence-electron chi connectivity index (χ3n) is 6.29. The number of nitrogens with one attached hydrogen (secondary N) is 1. The third kappa shape index (κ3) is 5.34. The molecule has 2 N–H and O–H groups in total. The van der Waals surface area contributed by atoms with Crippen molar-refractivity contribution in [3.05, 3.63) is 83.4 Å². The van der Waals surface area contributed by atoms with Crippen molar-refractivity contribution in [1.29, 1.82) is 0 Å². The number of amides is 1. The smallest absolute Gasteiger partial charge is 0.356 e. The second kappa shape index (κ2) is 11.0. The molecule has 0 radical (unpaired) electrons. The highest BCUT2D eigenvalue weighted by Gasteiger charge is 2.31. The van der Waals surface area contributed by atoms with E-state index in [4.69, 9.17) is 13.9 Å². The van der Waals surface area contributed by atoms with Crippen molar-refractivity contribution >= 4 is 27.6 Å². The Morgan fingerprint density at radius 2 is 1.77 bits per heavy atom. The van der Waals surface area contributed by atoms with Gasteiger partial charge in [0.2, 0.25) is 15.9 Å². The van der Waals surface area contributed by atoms with E-state index < -0.39 is 21.9 Å². The first-order valence-corrected chi connectivity index (χ1v) is 13.7. The van der Waals surface area contributed by atoms with E-state index in [1.54, 1.807) is 18.2 Å². The van der Waals surface area contributed by atoms with Gasteiger partial charge < -0.3 is 24.3 Å². The second-order valence-electron chi connectivity index (χ2n) is 9.04. The summed E-state index contributed by atoms with van der Waals surface area (Å²) >= 11 is 0. The molecular formula is C27H26N4O8S. The number of carboxylic acid groups (broad SMARTS) is 1. The molecule has 4 aromatic rings. The van der Waals surface area contributed by atoms with Gasteiger partial charge in [0.15, 0.2) is 11.5 Å². The number of nitrogens with zero attached hydrogens (tertiary/aromatic N) is 3. The Morgan fingerprint density at radius 3 is 2.42 bits per heavy atom. The van der Waals surface area contributed by atoms with Crippen molar-refractivity contribution in [2.24, 2.45) is 0 Å². The van der Waals surface area contributed by atoms with Crippen LogP contribution >= 0.6 is 0 Å². The Bertz CT molecular complexity index is 1660. The zero-order valence-corrected chi connectivity index (χ0v) is 22.5. The van der Waals surface area contributed by atoms with Gasteiger partial charge in [-0.2, -0.15) is 14.1 Å².